The molecule has 1 aliphatic rings. The summed E-state index contributed by atoms with van der Waals surface area (Å²) in [4.78, 5) is 0. The van der Waals surface area contributed by atoms with E-state index in [0.29, 0.717) is 18.6 Å². The minimum Gasteiger partial charge on any atom is -0.493 e. The highest BCUT2D eigenvalue weighted by molar-refractivity contribution is 5.44. The second kappa shape index (κ2) is 4.67. The van der Waals surface area contributed by atoms with Crippen LogP contribution in [0, 0.1) is 0 Å². The van der Waals surface area contributed by atoms with Crippen LogP contribution in [0.15, 0.2) is 18.2 Å². The van der Waals surface area contributed by atoms with Crippen molar-refractivity contribution in [3.05, 3.63) is 29.3 Å². The molecule has 1 aromatic rings. The summed E-state index contributed by atoms with van der Waals surface area (Å²) in [5, 5.41) is 20.4. The average Bonchev–Trinajstić information content (AvgIpc) is 2.37. The molecule has 2 N–H and O–H groups in total. The van der Waals surface area contributed by atoms with Crippen LogP contribution < -0.4 is 4.74 Å². The third-order valence-electron chi connectivity index (χ3n) is 3.56. The van der Waals surface area contributed by atoms with Gasteiger partial charge in [-0.2, -0.15) is 0 Å². The molecule has 0 radical (unpaired) electrons. The molecule has 0 spiro atoms. The Labute approximate surface area is 102 Å². The lowest BCUT2D eigenvalue weighted by Gasteiger charge is -2.31. The maximum absolute atomic E-state index is 10.3. The molecule has 0 amide bonds. The maximum Gasteiger partial charge on any atom is 0.128 e. The van der Waals surface area contributed by atoms with Crippen LogP contribution in [0.1, 0.15) is 43.9 Å². The first-order valence-electron chi connectivity index (χ1n) is 6.21. The summed E-state index contributed by atoms with van der Waals surface area (Å²) >= 11 is 0. The second-order valence-electron chi connectivity index (χ2n) is 4.90. The van der Waals surface area contributed by atoms with E-state index >= 15 is 0 Å². The van der Waals surface area contributed by atoms with Gasteiger partial charge in [-0.05, 0) is 31.7 Å². The van der Waals surface area contributed by atoms with Gasteiger partial charge >= 0.3 is 0 Å². The van der Waals surface area contributed by atoms with Crippen molar-refractivity contribution in [3.63, 3.8) is 0 Å². The predicted octanol–water partition coefficient (Wildman–Crippen LogP) is 2.21. The van der Waals surface area contributed by atoms with Gasteiger partial charge < -0.3 is 14.9 Å². The molecule has 2 unspecified atom stereocenters. The van der Waals surface area contributed by atoms with Crippen LogP contribution in [0.2, 0.25) is 0 Å². The third-order valence-corrected chi connectivity index (χ3v) is 3.56. The van der Waals surface area contributed by atoms with Gasteiger partial charge in [0, 0.05) is 5.56 Å². The first-order chi connectivity index (χ1) is 8.06. The average molecular weight is 236 g/mol. The Morgan fingerprint density at radius 2 is 2.24 bits per heavy atom. The van der Waals surface area contributed by atoms with Gasteiger partial charge in [0.05, 0.1) is 12.2 Å². The highest BCUT2D eigenvalue weighted by Gasteiger charge is 2.32. The highest BCUT2D eigenvalue weighted by Crippen LogP contribution is 2.38. The first kappa shape index (κ1) is 12.4. The fourth-order valence-corrected chi connectivity index (χ4v) is 2.16. The fourth-order valence-electron chi connectivity index (χ4n) is 2.16. The third kappa shape index (κ3) is 2.31. The van der Waals surface area contributed by atoms with Gasteiger partial charge in [0.1, 0.15) is 11.9 Å². The minimum atomic E-state index is -1.12. The Hall–Kier alpha value is -1.06. The summed E-state index contributed by atoms with van der Waals surface area (Å²) in [5.41, 5.74) is 0.712. The standard InChI is InChI=1S/C14H20O3/c1-3-14(2,16)13(15)11-8-4-6-10-7-5-9-17-12(10)11/h4,6,8,13,15-16H,3,5,7,9H2,1-2H3. The molecule has 0 saturated carbocycles. The van der Waals surface area contributed by atoms with E-state index in [9.17, 15) is 10.2 Å². The lowest BCUT2D eigenvalue weighted by molar-refractivity contribution is -0.0670. The van der Waals surface area contributed by atoms with Gasteiger partial charge in [-0.25, -0.2) is 0 Å². The van der Waals surface area contributed by atoms with Gasteiger partial charge in [0.25, 0.3) is 0 Å². The number of aliphatic hydroxyl groups excluding tert-OH is 1. The SMILES string of the molecule is CCC(C)(O)C(O)c1cccc2c1OCCC2. The quantitative estimate of drug-likeness (QED) is 0.846. The first-order valence-corrected chi connectivity index (χ1v) is 6.21. The maximum atomic E-state index is 10.3. The van der Waals surface area contributed by atoms with E-state index in [1.54, 1.807) is 6.92 Å². The number of fused-ring (bicyclic) bond motifs is 1. The van der Waals surface area contributed by atoms with E-state index in [4.69, 9.17) is 4.74 Å². The zero-order chi connectivity index (χ0) is 12.5. The van der Waals surface area contributed by atoms with Crippen molar-refractivity contribution in [1.29, 1.82) is 0 Å². The van der Waals surface area contributed by atoms with Crippen LogP contribution in [0.5, 0.6) is 5.75 Å². The molecule has 1 heterocycles. The number of aliphatic hydroxyl groups is 2. The number of hydrogen-bond acceptors (Lipinski definition) is 3. The van der Waals surface area contributed by atoms with Crippen LogP contribution in [-0.4, -0.2) is 22.4 Å². The van der Waals surface area contributed by atoms with Crippen LogP contribution in [-0.2, 0) is 6.42 Å². The van der Waals surface area contributed by atoms with E-state index in [0.717, 1.165) is 24.2 Å². The van der Waals surface area contributed by atoms with Crippen LogP contribution in [0.25, 0.3) is 0 Å². The fraction of sp³-hybridized carbons (Fsp3) is 0.571. The number of benzene rings is 1. The van der Waals surface area contributed by atoms with Gasteiger partial charge in [0.15, 0.2) is 0 Å². The molecule has 17 heavy (non-hydrogen) atoms. The Morgan fingerprint density at radius 3 is 2.94 bits per heavy atom. The van der Waals surface area contributed by atoms with Gasteiger partial charge in [0.2, 0.25) is 0 Å². The topological polar surface area (TPSA) is 49.7 Å². The lowest BCUT2D eigenvalue weighted by Crippen LogP contribution is -2.32. The van der Waals surface area contributed by atoms with Crippen molar-refractivity contribution >= 4 is 0 Å². The molecule has 0 fully saturated rings. The predicted molar refractivity (Wildman–Crippen MR) is 66.1 cm³/mol. The van der Waals surface area contributed by atoms with E-state index in [2.05, 4.69) is 0 Å². The van der Waals surface area contributed by atoms with Crippen molar-refractivity contribution < 1.29 is 14.9 Å². The number of para-hydroxylation sites is 1. The van der Waals surface area contributed by atoms with E-state index in [1.165, 1.54) is 0 Å². The molecule has 94 valence electrons. The molecule has 1 aliphatic heterocycles. The Kier molecular flexibility index (Phi) is 3.40. The van der Waals surface area contributed by atoms with E-state index in [1.807, 2.05) is 25.1 Å². The summed E-state index contributed by atoms with van der Waals surface area (Å²) in [5.74, 6) is 0.764. The van der Waals surface area contributed by atoms with Crippen LogP contribution >= 0.6 is 0 Å². The zero-order valence-electron chi connectivity index (χ0n) is 10.4. The molecule has 0 aromatic heterocycles. The normalized spacial score (nSPS) is 20.0. The zero-order valence-corrected chi connectivity index (χ0v) is 10.4. The summed E-state index contributed by atoms with van der Waals surface area (Å²) in [6.45, 7) is 4.20. The molecular formula is C14H20O3. The monoisotopic (exact) mass is 236 g/mol. The molecule has 3 heteroatoms. The number of aryl methyl sites for hydroxylation is 1. The van der Waals surface area contributed by atoms with E-state index in [-0.39, 0.29) is 0 Å². The minimum absolute atomic E-state index is 0.498. The molecule has 0 aliphatic carbocycles. The Bertz CT molecular complexity index is 398. The van der Waals surface area contributed by atoms with Gasteiger partial charge in [-0.3, -0.25) is 0 Å². The largest absolute Gasteiger partial charge is 0.493 e. The molecule has 3 nitrogen and oxygen atoms in total. The molecular weight excluding hydrogens is 216 g/mol. The number of hydrogen-bond donors (Lipinski definition) is 2. The number of rotatable bonds is 3. The van der Waals surface area contributed by atoms with Crippen molar-refractivity contribution in [2.75, 3.05) is 6.61 Å². The van der Waals surface area contributed by atoms with Crippen molar-refractivity contribution in [2.45, 2.75) is 44.8 Å². The van der Waals surface area contributed by atoms with Crippen LogP contribution in [0.3, 0.4) is 0 Å². The van der Waals surface area contributed by atoms with Crippen molar-refractivity contribution in [2.24, 2.45) is 0 Å². The summed E-state index contributed by atoms with van der Waals surface area (Å²) in [6.07, 6.45) is 1.58. The van der Waals surface area contributed by atoms with Crippen molar-refractivity contribution in [1.82, 2.24) is 0 Å². The molecule has 1 aromatic carbocycles. The second-order valence-corrected chi connectivity index (χ2v) is 4.90. The summed E-state index contributed by atoms with van der Waals surface area (Å²) in [6, 6.07) is 5.77. The number of ether oxygens (including phenoxy) is 1. The van der Waals surface area contributed by atoms with Crippen LogP contribution in [0.4, 0.5) is 0 Å². The van der Waals surface area contributed by atoms with E-state index < -0.39 is 11.7 Å². The lowest BCUT2D eigenvalue weighted by atomic mass is 9.88. The molecule has 0 bridgehead atoms. The smallest absolute Gasteiger partial charge is 0.128 e. The van der Waals surface area contributed by atoms with Gasteiger partial charge in [-0.15, -0.1) is 0 Å². The summed E-state index contributed by atoms with van der Waals surface area (Å²) in [7, 11) is 0. The highest BCUT2D eigenvalue weighted by atomic mass is 16.5. The summed E-state index contributed by atoms with van der Waals surface area (Å²) < 4.78 is 5.64. The molecule has 2 atom stereocenters. The van der Waals surface area contributed by atoms with Crippen molar-refractivity contribution in [3.8, 4) is 5.75 Å². The molecule has 0 saturated heterocycles. The Balaban J connectivity index is 2.39. The van der Waals surface area contributed by atoms with Gasteiger partial charge in [-0.1, -0.05) is 25.1 Å². The molecule has 2 rings (SSSR count). The Morgan fingerprint density at radius 1 is 1.47 bits per heavy atom.